The van der Waals surface area contributed by atoms with Crippen LogP contribution in [-0.4, -0.2) is 22.5 Å². The molecule has 1 aliphatic rings. The Kier molecular flexibility index (Phi) is 3.38. The summed E-state index contributed by atoms with van der Waals surface area (Å²) in [7, 11) is 0. The highest BCUT2D eigenvalue weighted by Gasteiger charge is 2.40. The Morgan fingerprint density at radius 1 is 1.44 bits per heavy atom. The number of nitrogens with one attached hydrogen (secondary N) is 1. The first-order chi connectivity index (χ1) is 8.54. The molecule has 1 aromatic heterocycles. The second-order valence-electron chi connectivity index (χ2n) is 4.63. The number of carbonyl (C=O) groups is 2. The number of carboxylic acids is 1. The molecule has 1 heterocycles. The van der Waals surface area contributed by atoms with E-state index in [4.69, 9.17) is 15.3 Å². The molecule has 18 heavy (non-hydrogen) atoms. The lowest BCUT2D eigenvalue weighted by atomic mass is 9.74. The van der Waals surface area contributed by atoms with Gasteiger partial charge in [0.1, 0.15) is 5.76 Å². The van der Waals surface area contributed by atoms with Crippen molar-refractivity contribution in [3.63, 3.8) is 0 Å². The van der Waals surface area contributed by atoms with E-state index in [0.717, 1.165) is 6.42 Å². The molecule has 1 saturated carbocycles. The highest BCUT2D eigenvalue weighted by molar-refractivity contribution is 5.92. The summed E-state index contributed by atoms with van der Waals surface area (Å²) in [6.07, 6.45) is 2.26. The first kappa shape index (κ1) is 12.6. The topological polar surface area (TPSA) is 106 Å². The number of nitrogens with two attached hydrogens (primary N) is 1. The number of aliphatic carboxylic acids is 1. The summed E-state index contributed by atoms with van der Waals surface area (Å²) in [4.78, 5) is 22.7. The molecule has 0 bridgehead atoms. The van der Waals surface area contributed by atoms with Crippen LogP contribution in [-0.2, 0) is 11.3 Å². The SMILES string of the molecule is NCc1ccc(C(=O)NC2(CC(=O)O)CCC2)o1. The van der Waals surface area contributed by atoms with E-state index in [1.165, 1.54) is 0 Å². The fraction of sp³-hybridized carbons (Fsp3) is 0.500. The van der Waals surface area contributed by atoms with Crippen LogP contribution in [0.5, 0.6) is 0 Å². The molecule has 0 atom stereocenters. The van der Waals surface area contributed by atoms with Gasteiger partial charge in [-0.1, -0.05) is 0 Å². The van der Waals surface area contributed by atoms with Crippen molar-refractivity contribution in [1.82, 2.24) is 5.32 Å². The second kappa shape index (κ2) is 4.81. The number of carboxylic acid groups (broad SMARTS) is 1. The van der Waals surface area contributed by atoms with E-state index in [-0.39, 0.29) is 24.6 Å². The van der Waals surface area contributed by atoms with Gasteiger partial charge in [-0.05, 0) is 31.4 Å². The van der Waals surface area contributed by atoms with Gasteiger partial charge in [-0.2, -0.15) is 0 Å². The van der Waals surface area contributed by atoms with Crippen LogP contribution in [0.4, 0.5) is 0 Å². The van der Waals surface area contributed by atoms with Crippen LogP contribution in [0.3, 0.4) is 0 Å². The van der Waals surface area contributed by atoms with Crippen molar-refractivity contribution in [3.8, 4) is 0 Å². The van der Waals surface area contributed by atoms with Crippen LogP contribution in [0, 0.1) is 0 Å². The zero-order valence-electron chi connectivity index (χ0n) is 9.94. The van der Waals surface area contributed by atoms with Gasteiger partial charge in [0.05, 0.1) is 18.5 Å². The molecule has 2 rings (SSSR count). The average Bonchev–Trinajstić information content (AvgIpc) is 2.73. The Balaban J connectivity index is 2.03. The molecule has 1 fully saturated rings. The first-order valence-electron chi connectivity index (χ1n) is 5.88. The maximum Gasteiger partial charge on any atom is 0.305 e. The molecule has 0 aliphatic heterocycles. The number of furan rings is 1. The molecule has 6 heteroatoms. The lowest BCUT2D eigenvalue weighted by Gasteiger charge is -2.41. The Morgan fingerprint density at radius 2 is 2.17 bits per heavy atom. The number of amides is 1. The van der Waals surface area contributed by atoms with E-state index in [0.29, 0.717) is 18.6 Å². The van der Waals surface area contributed by atoms with Gasteiger partial charge in [0.2, 0.25) is 0 Å². The van der Waals surface area contributed by atoms with Gasteiger partial charge in [-0.25, -0.2) is 0 Å². The number of hydrogen-bond donors (Lipinski definition) is 3. The molecule has 1 amide bonds. The second-order valence-corrected chi connectivity index (χ2v) is 4.63. The van der Waals surface area contributed by atoms with Gasteiger partial charge in [-0.3, -0.25) is 9.59 Å². The zero-order valence-corrected chi connectivity index (χ0v) is 9.94. The normalized spacial score (nSPS) is 16.9. The van der Waals surface area contributed by atoms with E-state index in [9.17, 15) is 9.59 Å². The summed E-state index contributed by atoms with van der Waals surface area (Å²) in [6, 6.07) is 3.18. The predicted molar refractivity (Wildman–Crippen MR) is 62.9 cm³/mol. The standard InChI is InChI=1S/C12H16N2O4/c13-7-8-2-3-9(18-8)11(17)14-12(4-1-5-12)6-10(15)16/h2-3H,1,4-7,13H2,(H,14,17)(H,15,16). The third-order valence-corrected chi connectivity index (χ3v) is 3.27. The van der Waals surface area contributed by atoms with Gasteiger partial charge >= 0.3 is 5.97 Å². The smallest absolute Gasteiger partial charge is 0.305 e. The molecule has 1 aromatic rings. The van der Waals surface area contributed by atoms with Crippen LogP contribution in [0.25, 0.3) is 0 Å². The summed E-state index contributed by atoms with van der Waals surface area (Å²) in [5.74, 6) is -0.583. The van der Waals surface area contributed by atoms with Gasteiger partial charge in [0.25, 0.3) is 5.91 Å². The molecule has 1 aliphatic carbocycles. The van der Waals surface area contributed by atoms with Crippen molar-refractivity contribution in [2.75, 3.05) is 0 Å². The third-order valence-electron chi connectivity index (χ3n) is 3.27. The van der Waals surface area contributed by atoms with Gasteiger partial charge in [0.15, 0.2) is 5.76 Å². The zero-order chi connectivity index (χ0) is 13.2. The van der Waals surface area contributed by atoms with E-state index in [1.54, 1.807) is 12.1 Å². The quantitative estimate of drug-likeness (QED) is 0.720. The van der Waals surface area contributed by atoms with Crippen molar-refractivity contribution in [3.05, 3.63) is 23.7 Å². The van der Waals surface area contributed by atoms with Crippen LogP contribution < -0.4 is 11.1 Å². The molecule has 0 spiro atoms. The monoisotopic (exact) mass is 252 g/mol. The molecular weight excluding hydrogens is 236 g/mol. The van der Waals surface area contributed by atoms with E-state index in [1.807, 2.05) is 0 Å². The van der Waals surface area contributed by atoms with Gasteiger partial charge < -0.3 is 20.6 Å². The van der Waals surface area contributed by atoms with E-state index >= 15 is 0 Å². The maximum atomic E-state index is 11.9. The minimum atomic E-state index is -0.905. The molecule has 0 unspecified atom stereocenters. The van der Waals surface area contributed by atoms with Gasteiger partial charge in [-0.15, -0.1) is 0 Å². The van der Waals surface area contributed by atoms with Crippen LogP contribution in [0.1, 0.15) is 42.0 Å². The number of rotatable bonds is 5. The summed E-state index contributed by atoms with van der Waals surface area (Å²) in [5, 5.41) is 11.6. The van der Waals surface area contributed by atoms with Crippen molar-refractivity contribution in [2.45, 2.75) is 37.8 Å². The molecule has 4 N–H and O–H groups in total. The Hall–Kier alpha value is -1.82. The highest BCUT2D eigenvalue weighted by Crippen LogP contribution is 2.35. The number of carbonyl (C=O) groups excluding carboxylic acids is 1. The molecule has 0 aromatic carbocycles. The maximum absolute atomic E-state index is 11.9. The largest absolute Gasteiger partial charge is 0.481 e. The summed E-state index contributed by atoms with van der Waals surface area (Å²) in [5.41, 5.74) is 4.78. The van der Waals surface area contributed by atoms with Crippen molar-refractivity contribution >= 4 is 11.9 Å². The molecule has 0 saturated heterocycles. The van der Waals surface area contributed by atoms with Crippen molar-refractivity contribution in [2.24, 2.45) is 5.73 Å². The van der Waals surface area contributed by atoms with Gasteiger partial charge in [0, 0.05) is 0 Å². The minimum Gasteiger partial charge on any atom is -0.481 e. The fourth-order valence-electron chi connectivity index (χ4n) is 2.15. The third kappa shape index (κ3) is 2.53. The van der Waals surface area contributed by atoms with Crippen LogP contribution >= 0.6 is 0 Å². The lowest BCUT2D eigenvalue weighted by Crippen LogP contribution is -2.54. The Labute approximate surface area is 104 Å². The fourth-order valence-corrected chi connectivity index (χ4v) is 2.15. The predicted octanol–water partition coefficient (Wildman–Crippen LogP) is 0.865. The molecule has 98 valence electrons. The highest BCUT2D eigenvalue weighted by atomic mass is 16.4. The molecule has 0 radical (unpaired) electrons. The summed E-state index contributed by atoms with van der Waals surface area (Å²) >= 11 is 0. The Morgan fingerprint density at radius 3 is 2.61 bits per heavy atom. The first-order valence-corrected chi connectivity index (χ1v) is 5.88. The van der Waals surface area contributed by atoms with Crippen molar-refractivity contribution in [1.29, 1.82) is 0 Å². The average molecular weight is 252 g/mol. The Bertz CT molecular complexity index is 462. The number of hydrogen-bond acceptors (Lipinski definition) is 4. The van der Waals surface area contributed by atoms with Crippen LogP contribution in [0.15, 0.2) is 16.5 Å². The summed E-state index contributed by atoms with van der Waals surface area (Å²) < 4.78 is 5.23. The lowest BCUT2D eigenvalue weighted by molar-refractivity contribution is -0.139. The summed E-state index contributed by atoms with van der Waals surface area (Å²) in [6.45, 7) is 0.230. The van der Waals surface area contributed by atoms with E-state index < -0.39 is 11.5 Å². The minimum absolute atomic E-state index is 0.0524. The molecular formula is C12H16N2O4. The molecule has 6 nitrogen and oxygen atoms in total. The van der Waals surface area contributed by atoms with E-state index in [2.05, 4.69) is 5.32 Å². The van der Waals surface area contributed by atoms with Crippen LogP contribution in [0.2, 0.25) is 0 Å². The van der Waals surface area contributed by atoms with Crippen molar-refractivity contribution < 1.29 is 19.1 Å².